The molecule has 0 aromatic rings. The van der Waals surface area contributed by atoms with Gasteiger partial charge in [0.15, 0.2) is 11.6 Å². The molecule has 2 aliphatic carbocycles. The van der Waals surface area contributed by atoms with E-state index in [0.717, 1.165) is 6.42 Å². The lowest BCUT2D eigenvalue weighted by atomic mass is 9.73. The van der Waals surface area contributed by atoms with E-state index in [1.54, 1.807) is 19.3 Å². The number of aliphatic carboxylic acids is 1. The van der Waals surface area contributed by atoms with E-state index >= 15 is 0 Å². The van der Waals surface area contributed by atoms with E-state index in [0.29, 0.717) is 25.7 Å². The van der Waals surface area contributed by atoms with Gasteiger partial charge in [0.1, 0.15) is 6.04 Å². The SMILES string of the molecule is COC1CC(/C=C/C(=O)CC(=O)/C=C/C2CC(OC)C(O)CC2CC(N)C(=O)O)CCC1O. The van der Waals surface area contributed by atoms with Crippen LogP contribution < -0.4 is 5.73 Å². The minimum absolute atomic E-state index is 0.117. The standard InChI is InChI=1S/C24H37NO8/c1-32-22-9-14(4-8-20(22)28)3-6-17(26)13-18(27)7-5-15-12-23(33-2)21(29)11-16(15)10-19(25)24(30)31/h3,5-7,14-16,19-23,28-29H,4,8-13,25H2,1-2H3,(H,30,31)/b6-3+,7-5+. The number of rotatable bonds is 11. The van der Waals surface area contributed by atoms with Crippen molar-refractivity contribution in [2.75, 3.05) is 14.2 Å². The zero-order valence-corrected chi connectivity index (χ0v) is 19.3. The molecule has 2 saturated carbocycles. The van der Waals surface area contributed by atoms with Crippen LogP contribution in [0.3, 0.4) is 0 Å². The number of hydrogen-bond acceptors (Lipinski definition) is 8. The number of carboxylic acid groups (broad SMARTS) is 1. The van der Waals surface area contributed by atoms with Crippen molar-refractivity contribution in [1.82, 2.24) is 0 Å². The number of aliphatic hydroxyl groups is 2. The summed E-state index contributed by atoms with van der Waals surface area (Å²) >= 11 is 0. The Morgan fingerprint density at radius 3 is 2.15 bits per heavy atom. The van der Waals surface area contributed by atoms with Crippen LogP contribution in [0.15, 0.2) is 24.3 Å². The Balaban J connectivity index is 1.92. The molecule has 0 bridgehead atoms. The molecule has 186 valence electrons. The van der Waals surface area contributed by atoms with Gasteiger partial charge >= 0.3 is 5.97 Å². The summed E-state index contributed by atoms with van der Waals surface area (Å²) in [6.07, 6.45) is 7.02. The maximum atomic E-state index is 12.3. The number of carbonyl (C=O) groups excluding carboxylic acids is 2. The number of ether oxygens (including phenoxy) is 2. The van der Waals surface area contributed by atoms with Gasteiger partial charge < -0.3 is 30.5 Å². The van der Waals surface area contributed by atoms with Crippen LogP contribution in [0.25, 0.3) is 0 Å². The maximum absolute atomic E-state index is 12.3. The lowest BCUT2D eigenvalue weighted by Gasteiger charge is -2.38. The van der Waals surface area contributed by atoms with E-state index in [1.807, 2.05) is 0 Å². The zero-order valence-electron chi connectivity index (χ0n) is 19.3. The van der Waals surface area contributed by atoms with Crippen LogP contribution in [0, 0.1) is 17.8 Å². The molecule has 9 nitrogen and oxygen atoms in total. The van der Waals surface area contributed by atoms with Gasteiger partial charge in [0.25, 0.3) is 0 Å². The molecular formula is C24H37NO8. The van der Waals surface area contributed by atoms with Crippen LogP contribution in [0.2, 0.25) is 0 Å². The Bertz CT molecular complexity index is 736. The second-order valence-corrected chi connectivity index (χ2v) is 9.16. The minimum Gasteiger partial charge on any atom is -0.480 e. The Labute approximate surface area is 194 Å². The van der Waals surface area contributed by atoms with Gasteiger partial charge in [-0.25, -0.2) is 0 Å². The van der Waals surface area contributed by atoms with Crippen LogP contribution >= 0.6 is 0 Å². The second kappa shape index (κ2) is 13.1. The third kappa shape index (κ3) is 8.42. The molecule has 0 aromatic carbocycles. The molecule has 5 N–H and O–H groups in total. The number of ketones is 2. The molecule has 0 heterocycles. The van der Waals surface area contributed by atoms with Crippen molar-refractivity contribution >= 4 is 17.5 Å². The average Bonchev–Trinajstić information content (AvgIpc) is 2.77. The summed E-state index contributed by atoms with van der Waals surface area (Å²) in [5.74, 6) is -2.06. The molecule has 0 aromatic heterocycles. The van der Waals surface area contributed by atoms with Gasteiger partial charge in [-0.15, -0.1) is 0 Å². The molecule has 8 atom stereocenters. The third-order valence-electron chi connectivity index (χ3n) is 6.79. The summed E-state index contributed by atoms with van der Waals surface area (Å²) in [5, 5.41) is 29.2. The van der Waals surface area contributed by atoms with Crippen LogP contribution in [0.5, 0.6) is 0 Å². The summed E-state index contributed by atoms with van der Waals surface area (Å²) in [6, 6.07) is -1.06. The fourth-order valence-corrected chi connectivity index (χ4v) is 4.78. The molecule has 33 heavy (non-hydrogen) atoms. The highest BCUT2D eigenvalue weighted by Crippen LogP contribution is 2.35. The monoisotopic (exact) mass is 467 g/mol. The Morgan fingerprint density at radius 1 is 0.939 bits per heavy atom. The van der Waals surface area contributed by atoms with Gasteiger partial charge in [-0.2, -0.15) is 0 Å². The first-order valence-electron chi connectivity index (χ1n) is 11.5. The zero-order chi connectivity index (χ0) is 24.5. The van der Waals surface area contributed by atoms with E-state index in [2.05, 4.69) is 0 Å². The van der Waals surface area contributed by atoms with Crippen molar-refractivity contribution in [3.8, 4) is 0 Å². The highest BCUT2D eigenvalue weighted by Gasteiger charge is 2.37. The van der Waals surface area contributed by atoms with Gasteiger partial charge in [-0.1, -0.05) is 12.2 Å². The minimum atomic E-state index is -1.11. The van der Waals surface area contributed by atoms with Crippen molar-refractivity contribution in [2.45, 2.75) is 75.4 Å². The van der Waals surface area contributed by atoms with Crippen molar-refractivity contribution in [2.24, 2.45) is 23.5 Å². The fraction of sp³-hybridized carbons (Fsp3) is 0.708. The van der Waals surface area contributed by atoms with Crippen molar-refractivity contribution < 1.29 is 39.2 Å². The number of methoxy groups -OCH3 is 2. The fourth-order valence-electron chi connectivity index (χ4n) is 4.78. The Hall–Kier alpha value is -1.91. The topological polar surface area (TPSA) is 156 Å². The summed E-state index contributed by atoms with van der Waals surface area (Å²) < 4.78 is 10.6. The molecular weight excluding hydrogens is 430 g/mol. The number of allylic oxidation sites excluding steroid dienone is 4. The molecule has 2 rings (SSSR count). The highest BCUT2D eigenvalue weighted by atomic mass is 16.5. The maximum Gasteiger partial charge on any atom is 0.320 e. The molecule has 0 radical (unpaired) electrons. The first-order chi connectivity index (χ1) is 15.6. The molecule has 0 spiro atoms. The molecule has 0 amide bonds. The first-order valence-corrected chi connectivity index (χ1v) is 11.5. The predicted molar refractivity (Wildman–Crippen MR) is 120 cm³/mol. The van der Waals surface area contributed by atoms with Crippen molar-refractivity contribution in [3.05, 3.63) is 24.3 Å². The first kappa shape index (κ1) is 27.3. The Kier molecular flexibility index (Phi) is 10.9. The molecule has 8 unspecified atom stereocenters. The number of carboxylic acids is 1. The largest absolute Gasteiger partial charge is 0.480 e. The van der Waals surface area contributed by atoms with Crippen LogP contribution in [0.1, 0.15) is 44.9 Å². The van der Waals surface area contributed by atoms with Gasteiger partial charge in [0.2, 0.25) is 0 Å². The summed E-state index contributed by atoms with van der Waals surface area (Å²) in [4.78, 5) is 35.7. The van der Waals surface area contributed by atoms with Crippen molar-refractivity contribution in [1.29, 1.82) is 0 Å². The highest BCUT2D eigenvalue weighted by molar-refractivity contribution is 6.08. The van der Waals surface area contributed by atoms with Gasteiger partial charge in [-0.3, -0.25) is 14.4 Å². The predicted octanol–water partition coefficient (Wildman–Crippen LogP) is 1.01. The van der Waals surface area contributed by atoms with Gasteiger partial charge in [0.05, 0.1) is 30.8 Å². The van der Waals surface area contributed by atoms with E-state index in [4.69, 9.17) is 20.3 Å². The lowest BCUT2D eigenvalue weighted by Crippen LogP contribution is -2.43. The van der Waals surface area contributed by atoms with E-state index in [9.17, 15) is 24.6 Å². The number of nitrogens with two attached hydrogens (primary N) is 1. The van der Waals surface area contributed by atoms with E-state index in [-0.39, 0.29) is 48.3 Å². The smallest absolute Gasteiger partial charge is 0.320 e. The average molecular weight is 468 g/mol. The van der Waals surface area contributed by atoms with Gasteiger partial charge in [0, 0.05) is 14.2 Å². The summed E-state index contributed by atoms with van der Waals surface area (Å²) in [5.41, 5.74) is 5.69. The van der Waals surface area contributed by atoms with Crippen LogP contribution in [-0.2, 0) is 23.9 Å². The molecule has 0 aliphatic heterocycles. The molecule has 9 heteroatoms. The lowest BCUT2D eigenvalue weighted by molar-refractivity contribution is -0.139. The molecule has 0 saturated heterocycles. The normalized spacial score (nSPS) is 33.9. The Morgan fingerprint density at radius 2 is 1.55 bits per heavy atom. The number of aliphatic hydroxyl groups excluding tert-OH is 2. The van der Waals surface area contributed by atoms with E-state index < -0.39 is 30.3 Å². The molecule has 2 aliphatic rings. The summed E-state index contributed by atoms with van der Waals surface area (Å²) in [6.45, 7) is 0. The van der Waals surface area contributed by atoms with Crippen LogP contribution in [-0.4, -0.2) is 77.5 Å². The number of hydrogen-bond donors (Lipinski definition) is 4. The van der Waals surface area contributed by atoms with Gasteiger partial charge in [-0.05, 0) is 68.4 Å². The van der Waals surface area contributed by atoms with Crippen LogP contribution in [0.4, 0.5) is 0 Å². The van der Waals surface area contributed by atoms with Crippen molar-refractivity contribution in [3.63, 3.8) is 0 Å². The third-order valence-corrected chi connectivity index (χ3v) is 6.79. The quantitative estimate of drug-likeness (QED) is 0.257. The molecule has 2 fully saturated rings. The second-order valence-electron chi connectivity index (χ2n) is 9.16. The van der Waals surface area contributed by atoms with E-state index in [1.165, 1.54) is 19.3 Å². The summed E-state index contributed by atoms with van der Waals surface area (Å²) in [7, 11) is 3.05. The number of carbonyl (C=O) groups is 3.